The van der Waals surface area contributed by atoms with Crippen molar-refractivity contribution in [1.29, 1.82) is 0 Å². The second-order valence-electron chi connectivity index (χ2n) is 7.82. The fourth-order valence-corrected chi connectivity index (χ4v) is 4.19. The molecule has 0 bridgehead atoms. The Labute approximate surface area is 158 Å². The Balaban J connectivity index is 1.46. The molecule has 27 heavy (non-hydrogen) atoms. The molecule has 2 aliphatic rings. The summed E-state index contributed by atoms with van der Waals surface area (Å²) in [6, 6.07) is 0.934. The average molecular weight is 382 g/mol. The predicted octanol–water partition coefficient (Wildman–Crippen LogP) is 2.15. The summed E-state index contributed by atoms with van der Waals surface area (Å²) in [7, 11) is 0. The van der Waals surface area contributed by atoms with Gasteiger partial charge < -0.3 is 9.80 Å². The van der Waals surface area contributed by atoms with Crippen molar-refractivity contribution in [2.45, 2.75) is 45.6 Å². The van der Waals surface area contributed by atoms with Crippen molar-refractivity contribution < 1.29 is 13.6 Å². The minimum absolute atomic E-state index is 0.162. The Kier molecular flexibility index (Phi) is 6.57. The Morgan fingerprint density at radius 2 is 1.93 bits per heavy atom. The van der Waals surface area contributed by atoms with Crippen LogP contribution in [0.25, 0.3) is 0 Å². The van der Waals surface area contributed by atoms with Gasteiger partial charge in [0, 0.05) is 39.2 Å². The average Bonchev–Trinajstić information content (AvgIpc) is 2.65. The lowest BCUT2D eigenvalue weighted by Gasteiger charge is -2.38. The minimum atomic E-state index is -2.71. The highest BCUT2D eigenvalue weighted by Crippen LogP contribution is 2.23. The highest BCUT2D eigenvalue weighted by Gasteiger charge is 2.26. The lowest BCUT2D eigenvalue weighted by molar-refractivity contribution is -0.130. The summed E-state index contributed by atoms with van der Waals surface area (Å²) < 4.78 is 26.6. The molecular formula is C19H28F2N4O2. The van der Waals surface area contributed by atoms with Gasteiger partial charge in [-0.1, -0.05) is 0 Å². The van der Waals surface area contributed by atoms with E-state index in [2.05, 4.69) is 9.88 Å². The maximum atomic E-state index is 12.6. The zero-order valence-corrected chi connectivity index (χ0v) is 15.8. The van der Waals surface area contributed by atoms with Gasteiger partial charge in [0.25, 0.3) is 12.0 Å². The van der Waals surface area contributed by atoms with Gasteiger partial charge >= 0.3 is 0 Å². The fourth-order valence-electron chi connectivity index (χ4n) is 4.19. The number of likely N-dealkylation sites (tertiary alicyclic amines) is 2. The summed E-state index contributed by atoms with van der Waals surface area (Å²) >= 11 is 0. The topological polar surface area (TPSA) is 58.4 Å². The van der Waals surface area contributed by atoms with Gasteiger partial charge in [-0.2, -0.15) is 0 Å². The second-order valence-corrected chi connectivity index (χ2v) is 7.82. The Morgan fingerprint density at radius 3 is 2.56 bits per heavy atom. The minimum Gasteiger partial charge on any atom is -0.343 e. The molecule has 1 aromatic rings. The van der Waals surface area contributed by atoms with Crippen LogP contribution in [0.3, 0.4) is 0 Å². The van der Waals surface area contributed by atoms with Crippen LogP contribution in [0.4, 0.5) is 8.78 Å². The number of rotatable bonds is 5. The molecule has 8 heteroatoms. The van der Waals surface area contributed by atoms with Gasteiger partial charge in [-0.15, -0.1) is 0 Å². The Bertz CT molecular complexity index is 701. The predicted molar refractivity (Wildman–Crippen MR) is 97.6 cm³/mol. The van der Waals surface area contributed by atoms with Gasteiger partial charge in [0.15, 0.2) is 0 Å². The number of carbonyl (C=O) groups excluding carboxylic acids is 1. The molecule has 0 aromatic carbocycles. The van der Waals surface area contributed by atoms with Gasteiger partial charge in [-0.05, 0) is 50.6 Å². The van der Waals surface area contributed by atoms with E-state index in [0.717, 1.165) is 58.1 Å². The molecule has 2 aliphatic heterocycles. The molecule has 3 rings (SSSR count). The van der Waals surface area contributed by atoms with Crippen LogP contribution in [0.1, 0.15) is 44.7 Å². The maximum Gasteiger partial charge on any atom is 0.280 e. The standard InChI is InChI=1S/C19H28F2N4O2/c1-14(26)24-6-2-3-16(12-24)10-23-7-4-15(5-8-23)11-25-13-22-17(19(20)21)9-18(25)27/h9,13,15-16,19H,2-8,10-12H2,1H3. The van der Waals surface area contributed by atoms with Crippen LogP contribution < -0.4 is 5.56 Å². The molecule has 2 fully saturated rings. The SMILES string of the molecule is CC(=O)N1CCCC(CN2CCC(Cn3cnc(C(F)F)cc3=O)CC2)C1. The van der Waals surface area contributed by atoms with E-state index in [1.807, 2.05) is 4.90 Å². The Morgan fingerprint density at radius 1 is 1.19 bits per heavy atom. The molecule has 0 spiro atoms. The lowest BCUT2D eigenvalue weighted by atomic mass is 9.93. The molecule has 3 heterocycles. The third-order valence-electron chi connectivity index (χ3n) is 5.77. The molecule has 1 amide bonds. The molecule has 0 radical (unpaired) electrons. The van der Waals surface area contributed by atoms with Crippen molar-refractivity contribution in [3.8, 4) is 0 Å². The highest BCUT2D eigenvalue weighted by atomic mass is 19.3. The number of amides is 1. The van der Waals surface area contributed by atoms with Gasteiger partial charge in [-0.3, -0.25) is 14.2 Å². The van der Waals surface area contributed by atoms with Crippen molar-refractivity contribution in [2.24, 2.45) is 11.8 Å². The maximum absolute atomic E-state index is 12.6. The first-order valence-electron chi connectivity index (χ1n) is 9.74. The summed E-state index contributed by atoms with van der Waals surface area (Å²) in [5.41, 5.74) is -0.868. The van der Waals surface area contributed by atoms with Gasteiger partial charge in [0.1, 0.15) is 5.69 Å². The van der Waals surface area contributed by atoms with Crippen molar-refractivity contribution in [3.63, 3.8) is 0 Å². The molecule has 0 aliphatic carbocycles. The first-order valence-corrected chi connectivity index (χ1v) is 9.74. The van der Waals surface area contributed by atoms with Crippen LogP contribution >= 0.6 is 0 Å². The van der Waals surface area contributed by atoms with Gasteiger partial charge in [0.2, 0.25) is 5.91 Å². The van der Waals surface area contributed by atoms with E-state index in [1.165, 1.54) is 17.3 Å². The molecule has 2 saturated heterocycles. The van der Waals surface area contributed by atoms with Crippen LogP contribution in [0.2, 0.25) is 0 Å². The second kappa shape index (κ2) is 8.91. The third-order valence-corrected chi connectivity index (χ3v) is 5.77. The first kappa shape index (κ1) is 19.9. The summed E-state index contributed by atoms with van der Waals surface area (Å²) in [6.07, 6.45) is 2.73. The summed E-state index contributed by atoms with van der Waals surface area (Å²) in [5, 5.41) is 0. The highest BCUT2D eigenvalue weighted by molar-refractivity contribution is 5.73. The number of aromatic nitrogens is 2. The number of piperidine rings is 2. The molecule has 1 unspecified atom stereocenters. The Hall–Kier alpha value is -1.83. The van der Waals surface area contributed by atoms with E-state index in [9.17, 15) is 18.4 Å². The zero-order valence-electron chi connectivity index (χ0n) is 15.8. The van der Waals surface area contributed by atoms with Crippen molar-refractivity contribution >= 4 is 5.91 Å². The van der Waals surface area contributed by atoms with Crippen molar-refractivity contribution in [3.05, 3.63) is 28.4 Å². The van der Waals surface area contributed by atoms with E-state index < -0.39 is 17.7 Å². The number of alkyl halides is 2. The summed E-state index contributed by atoms with van der Waals surface area (Å²) in [5.74, 6) is 1.06. The first-order chi connectivity index (χ1) is 12.9. The smallest absolute Gasteiger partial charge is 0.280 e. The normalized spacial score (nSPS) is 22.4. The third kappa shape index (κ3) is 5.34. The van der Waals surface area contributed by atoms with Crippen LogP contribution in [-0.2, 0) is 11.3 Å². The van der Waals surface area contributed by atoms with E-state index >= 15 is 0 Å². The van der Waals surface area contributed by atoms with Crippen LogP contribution in [-0.4, -0.2) is 58.0 Å². The molecule has 0 saturated carbocycles. The molecule has 1 aromatic heterocycles. The molecule has 0 N–H and O–H groups in total. The molecule has 1 atom stereocenters. The monoisotopic (exact) mass is 382 g/mol. The van der Waals surface area contributed by atoms with Crippen LogP contribution in [0.15, 0.2) is 17.2 Å². The van der Waals surface area contributed by atoms with Crippen molar-refractivity contribution in [1.82, 2.24) is 19.4 Å². The number of hydrogen-bond acceptors (Lipinski definition) is 4. The van der Waals surface area contributed by atoms with Gasteiger partial charge in [0.05, 0.1) is 6.33 Å². The number of nitrogens with zero attached hydrogens (tertiary/aromatic N) is 4. The zero-order chi connectivity index (χ0) is 19.4. The van der Waals surface area contributed by atoms with E-state index in [0.29, 0.717) is 18.4 Å². The quantitative estimate of drug-likeness (QED) is 0.783. The molecule has 150 valence electrons. The molecular weight excluding hydrogens is 354 g/mol. The number of carbonyl (C=O) groups is 1. The largest absolute Gasteiger partial charge is 0.343 e. The van der Waals surface area contributed by atoms with E-state index in [4.69, 9.17) is 0 Å². The fraction of sp³-hybridized carbons (Fsp3) is 0.737. The number of hydrogen-bond donors (Lipinski definition) is 0. The number of halogens is 2. The lowest BCUT2D eigenvalue weighted by Crippen LogP contribution is -2.45. The summed E-state index contributed by atoms with van der Waals surface area (Å²) in [4.78, 5) is 31.6. The molecule has 6 nitrogen and oxygen atoms in total. The van der Waals surface area contributed by atoms with Crippen molar-refractivity contribution in [2.75, 3.05) is 32.7 Å². The van der Waals surface area contributed by atoms with Crippen LogP contribution in [0, 0.1) is 11.8 Å². The van der Waals surface area contributed by atoms with Gasteiger partial charge in [-0.25, -0.2) is 13.8 Å². The van der Waals surface area contributed by atoms with E-state index in [1.54, 1.807) is 6.92 Å². The van der Waals surface area contributed by atoms with E-state index in [-0.39, 0.29) is 5.91 Å². The van der Waals surface area contributed by atoms with Crippen LogP contribution in [0.5, 0.6) is 0 Å². The summed E-state index contributed by atoms with van der Waals surface area (Å²) in [6.45, 7) is 6.86.